The maximum absolute atomic E-state index is 13.6. The van der Waals surface area contributed by atoms with Gasteiger partial charge in [-0.15, -0.1) is 11.8 Å². The molecule has 0 unspecified atom stereocenters. The van der Waals surface area contributed by atoms with Crippen LogP contribution in [0.25, 0.3) is 0 Å². The summed E-state index contributed by atoms with van der Waals surface area (Å²) in [5, 5.41) is -0.251. The van der Waals surface area contributed by atoms with Gasteiger partial charge in [0, 0.05) is 4.90 Å². The number of sulfonamides is 1. The van der Waals surface area contributed by atoms with Crippen LogP contribution in [0.2, 0.25) is 0 Å². The molecule has 4 aromatic rings. The Balaban J connectivity index is 1.38. The van der Waals surface area contributed by atoms with Gasteiger partial charge >= 0.3 is 0 Å². The zero-order valence-corrected chi connectivity index (χ0v) is 24.6. The summed E-state index contributed by atoms with van der Waals surface area (Å²) < 4.78 is 48.9. The molecule has 0 spiro atoms. The molecule has 0 amide bonds. The summed E-state index contributed by atoms with van der Waals surface area (Å²) in [6, 6.07) is 36.2. The minimum Gasteiger partial charge on any atom is -0.374 e. The summed E-state index contributed by atoms with van der Waals surface area (Å²) in [6.45, 7) is 3.33. The molecule has 1 heterocycles. The average Bonchev–Trinajstić information content (AvgIpc) is 3.29. The highest BCUT2D eigenvalue weighted by molar-refractivity contribution is 8.00. The van der Waals surface area contributed by atoms with Crippen LogP contribution in [-0.4, -0.2) is 45.1 Å². The lowest BCUT2D eigenvalue weighted by atomic mass is 10.1. The summed E-state index contributed by atoms with van der Waals surface area (Å²) in [5.74, 6) is 0. The van der Waals surface area contributed by atoms with Crippen LogP contribution in [0.1, 0.15) is 16.7 Å². The van der Waals surface area contributed by atoms with Gasteiger partial charge in [-0.1, -0.05) is 96.6 Å². The fraction of sp³-hybridized carbons (Fsp3) is 0.273. The van der Waals surface area contributed by atoms with Gasteiger partial charge in [-0.05, 0) is 42.3 Å². The third-order valence-electron chi connectivity index (χ3n) is 6.90. The van der Waals surface area contributed by atoms with Crippen LogP contribution < -0.4 is 4.72 Å². The first-order valence-corrected chi connectivity index (χ1v) is 16.0. The molecule has 0 aromatic heterocycles. The molecule has 8 heteroatoms. The molecule has 1 N–H and O–H groups in total. The fourth-order valence-electron chi connectivity index (χ4n) is 4.75. The van der Waals surface area contributed by atoms with E-state index >= 15 is 0 Å². The lowest BCUT2D eigenvalue weighted by Crippen LogP contribution is -2.48. The van der Waals surface area contributed by atoms with Gasteiger partial charge in [0.05, 0.1) is 54.8 Å². The predicted molar refractivity (Wildman–Crippen MR) is 162 cm³/mol. The SMILES string of the molecule is Cc1ccc(S(=O)(=O)N[C@H]2[C@H](Sc3ccccc3)[C@@H](COCc3ccccc3)O[C@@H]2COCc2ccccc2)cc1. The predicted octanol–water partition coefficient (Wildman–Crippen LogP) is 6.00. The maximum Gasteiger partial charge on any atom is 0.240 e. The van der Waals surface area contributed by atoms with Gasteiger partial charge in [0.25, 0.3) is 0 Å². The van der Waals surface area contributed by atoms with E-state index in [1.807, 2.05) is 97.9 Å². The molecule has 0 radical (unpaired) electrons. The van der Waals surface area contributed by atoms with E-state index in [0.717, 1.165) is 21.6 Å². The van der Waals surface area contributed by atoms with E-state index in [2.05, 4.69) is 4.72 Å². The molecule has 214 valence electrons. The van der Waals surface area contributed by atoms with Gasteiger partial charge in [-0.25, -0.2) is 13.1 Å². The summed E-state index contributed by atoms with van der Waals surface area (Å²) in [7, 11) is -3.82. The third kappa shape index (κ3) is 8.29. The van der Waals surface area contributed by atoms with Crippen LogP contribution in [0.3, 0.4) is 0 Å². The molecule has 6 nitrogen and oxygen atoms in total. The maximum atomic E-state index is 13.6. The lowest BCUT2D eigenvalue weighted by molar-refractivity contribution is -0.0529. The van der Waals surface area contributed by atoms with Gasteiger partial charge < -0.3 is 14.2 Å². The summed E-state index contributed by atoms with van der Waals surface area (Å²) >= 11 is 1.60. The van der Waals surface area contributed by atoms with Crippen molar-refractivity contribution in [1.29, 1.82) is 0 Å². The van der Waals surface area contributed by atoms with Crippen LogP contribution in [-0.2, 0) is 37.4 Å². The van der Waals surface area contributed by atoms with Crippen LogP contribution in [0, 0.1) is 6.92 Å². The topological polar surface area (TPSA) is 73.9 Å². The van der Waals surface area contributed by atoms with Crippen molar-refractivity contribution in [2.24, 2.45) is 0 Å². The van der Waals surface area contributed by atoms with Crippen molar-refractivity contribution in [3.05, 3.63) is 132 Å². The van der Waals surface area contributed by atoms with E-state index in [4.69, 9.17) is 14.2 Å². The second-order valence-electron chi connectivity index (χ2n) is 10.1. The van der Waals surface area contributed by atoms with Crippen molar-refractivity contribution < 1.29 is 22.6 Å². The summed E-state index contributed by atoms with van der Waals surface area (Å²) in [6.07, 6.45) is -0.870. The third-order valence-corrected chi connectivity index (χ3v) is 9.78. The second kappa shape index (κ2) is 14.3. The number of hydrogen-bond acceptors (Lipinski definition) is 6. The first-order chi connectivity index (χ1) is 20.0. The smallest absolute Gasteiger partial charge is 0.240 e. The van der Waals surface area contributed by atoms with Gasteiger partial charge in [0.1, 0.15) is 0 Å². The molecule has 4 atom stereocenters. The monoisotopic (exact) mass is 589 g/mol. The van der Waals surface area contributed by atoms with Crippen LogP contribution in [0.4, 0.5) is 0 Å². The minimum atomic E-state index is -3.82. The Morgan fingerprint density at radius 2 is 1.22 bits per heavy atom. The largest absolute Gasteiger partial charge is 0.374 e. The Kier molecular flexibility index (Phi) is 10.3. The quantitative estimate of drug-likeness (QED) is 0.206. The summed E-state index contributed by atoms with van der Waals surface area (Å²) in [4.78, 5) is 1.25. The number of ether oxygens (including phenoxy) is 3. The van der Waals surface area contributed by atoms with Gasteiger partial charge in [0.2, 0.25) is 10.0 Å². The summed E-state index contributed by atoms with van der Waals surface area (Å²) in [5.41, 5.74) is 3.10. The van der Waals surface area contributed by atoms with E-state index < -0.39 is 22.2 Å². The number of hydrogen-bond donors (Lipinski definition) is 1. The first-order valence-electron chi connectivity index (χ1n) is 13.7. The number of benzene rings is 4. The first kappa shape index (κ1) is 29.5. The molecular weight excluding hydrogens is 554 g/mol. The van der Waals surface area contributed by atoms with Gasteiger partial charge in [-0.2, -0.15) is 0 Å². The molecule has 0 bridgehead atoms. The fourth-order valence-corrected chi connectivity index (χ4v) is 7.44. The lowest BCUT2D eigenvalue weighted by Gasteiger charge is -2.25. The Hall–Kier alpha value is -2.98. The molecule has 1 aliphatic rings. The number of thioether (sulfide) groups is 1. The van der Waals surface area contributed by atoms with E-state index in [1.165, 1.54) is 0 Å². The van der Waals surface area contributed by atoms with E-state index in [-0.39, 0.29) is 22.9 Å². The molecule has 1 aliphatic heterocycles. The molecule has 5 rings (SSSR count). The van der Waals surface area contributed by atoms with Crippen molar-refractivity contribution in [2.75, 3.05) is 13.2 Å². The van der Waals surface area contributed by atoms with Crippen molar-refractivity contribution in [1.82, 2.24) is 4.72 Å². The van der Waals surface area contributed by atoms with Crippen molar-refractivity contribution in [2.45, 2.75) is 53.4 Å². The van der Waals surface area contributed by atoms with Gasteiger partial charge in [-0.3, -0.25) is 0 Å². The minimum absolute atomic E-state index is 0.222. The zero-order chi connectivity index (χ0) is 28.5. The second-order valence-corrected chi connectivity index (χ2v) is 13.0. The highest BCUT2D eigenvalue weighted by Crippen LogP contribution is 2.37. The van der Waals surface area contributed by atoms with E-state index in [0.29, 0.717) is 19.8 Å². The van der Waals surface area contributed by atoms with E-state index in [9.17, 15) is 8.42 Å². The van der Waals surface area contributed by atoms with E-state index in [1.54, 1.807) is 36.0 Å². The number of rotatable bonds is 13. The van der Waals surface area contributed by atoms with Crippen LogP contribution >= 0.6 is 11.8 Å². The average molecular weight is 590 g/mol. The van der Waals surface area contributed by atoms with Crippen molar-refractivity contribution in [3.8, 4) is 0 Å². The molecular formula is C33H35NO5S2. The Bertz CT molecular complexity index is 1450. The number of nitrogens with one attached hydrogen (secondary N) is 1. The molecule has 1 fully saturated rings. The van der Waals surface area contributed by atoms with Crippen molar-refractivity contribution in [3.63, 3.8) is 0 Å². The molecule has 4 aromatic carbocycles. The Morgan fingerprint density at radius 1 is 0.707 bits per heavy atom. The highest BCUT2D eigenvalue weighted by atomic mass is 32.2. The van der Waals surface area contributed by atoms with Gasteiger partial charge in [0.15, 0.2) is 0 Å². The standard InChI is InChI=1S/C33H35NO5S2/c1-25-17-19-29(20-18-25)41(35,36)34-32-30(23-37-21-26-11-5-2-6-12-26)39-31(24-38-22-27-13-7-3-8-14-27)33(32)40-28-15-9-4-10-16-28/h2-20,30-34H,21-24H2,1H3/t30-,31-,32-,33-/m1/s1. The van der Waals surface area contributed by atoms with Crippen LogP contribution in [0.15, 0.2) is 125 Å². The number of aryl methyl sites for hydroxylation is 1. The Labute approximate surface area is 247 Å². The molecule has 41 heavy (non-hydrogen) atoms. The molecule has 0 saturated carbocycles. The van der Waals surface area contributed by atoms with Crippen LogP contribution in [0.5, 0.6) is 0 Å². The highest BCUT2D eigenvalue weighted by Gasteiger charge is 2.47. The normalized spacial score (nSPS) is 20.7. The molecule has 0 aliphatic carbocycles. The molecule has 1 saturated heterocycles. The zero-order valence-electron chi connectivity index (χ0n) is 23.0. The Morgan fingerprint density at radius 3 is 1.78 bits per heavy atom. The van der Waals surface area contributed by atoms with Crippen molar-refractivity contribution >= 4 is 21.8 Å².